The normalized spacial score (nSPS) is 12.1. The standard InChI is InChI=1S/2C24H21N7.3CHF3O3S.3Ag/c2*1-2-8-17-16(7-1)25-22(26-17)13-31(14-23-27-18-9-3-4-10-19(18)28-23)15-24-29-20-11-5-6-12-21(20)30-24;3*2-1(3,4)8(5,6)7;;;/h2*1-12H,13-15H2,(H,25,26)(H,27,28)(H,29,30);3*(H,5,6,7);;;/q;;;;;3*+1/p-3. The maximum atomic E-state index is 10.7. The first-order valence-electron chi connectivity index (χ1n) is 24.5. The molecule has 0 atom stereocenters. The summed E-state index contributed by atoms with van der Waals surface area (Å²) in [5.41, 5.74) is -4.80. The molecule has 0 aliphatic heterocycles. The summed E-state index contributed by atoms with van der Waals surface area (Å²) in [5.74, 6) is 5.55. The maximum absolute atomic E-state index is 10.7. The largest absolute Gasteiger partial charge is 1.00 e. The summed E-state index contributed by atoms with van der Waals surface area (Å²) >= 11 is 0. The number of aromatic amines is 6. The number of H-pyrrole nitrogens is 6. The van der Waals surface area contributed by atoms with Gasteiger partial charge in [-0.1, -0.05) is 72.8 Å². The fourth-order valence-electron chi connectivity index (χ4n) is 8.09. The van der Waals surface area contributed by atoms with Gasteiger partial charge in [-0.15, -0.1) is 0 Å². The zero-order valence-electron chi connectivity index (χ0n) is 44.4. The number of fused-ring (bicyclic) bond motifs is 6. The molecule has 0 saturated heterocycles. The molecule has 12 aromatic rings. The molecular weight excluding hydrogens is 1540 g/mol. The molecule has 0 fully saturated rings. The van der Waals surface area contributed by atoms with E-state index in [-0.39, 0.29) is 67.1 Å². The molecule has 0 saturated carbocycles. The van der Waals surface area contributed by atoms with Crippen LogP contribution in [0.15, 0.2) is 146 Å². The zero-order valence-corrected chi connectivity index (χ0v) is 51.3. The van der Waals surface area contributed by atoms with Crippen LogP contribution in [0.5, 0.6) is 0 Å². The summed E-state index contributed by atoms with van der Waals surface area (Å²) in [4.78, 5) is 53.8. The molecule has 23 nitrogen and oxygen atoms in total. The van der Waals surface area contributed by atoms with E-state index in [1.807, 2.05) is 109 Å². The van der Waals surface area contributed by atoms with Crippen LogP contribution in [0, 0.1) is 0 Å². The molecule has 0 aliphatic rings. The fraction of sp³-hybridized carbons (Fsp3) is 0.176. The summed E-state index contributed by atoms with van der Waals surface area (Å²) in [6.07, 6.45) is 0. The zero-order chi connectivity index (χ0) is 62.2. The average molecular weight is 1590 g/mol. The van der Waals surface area contributed by atoms with E-state index in [4.69, 9.17) is 68.8 Å². The molecule has 6 aromatic heterocycles. The molecule has 89 heavy (non-hydrogen) atoms. The van der Waals surface area contributed by atoms with E-state index in [2.05, 4.69) is 76.1 Å². The van der Waals surface area contributed by atoms with Crippen LogP contribution in [0.4, 0.5) is 39.5 Å². The van der Waals surface area contributed by atoms with Gasteiger partial charge in [0, 0.05) is 0 Å². The molecule has 6 N–H and O–H groups in total. The second-order valence-corrected chi connectivity index (χ2v) is 22.3. The van der Waals surface area contributed by atoms with Crippen LogP contribution < -0.4 is 0 Å². The number of benzene rings is 6. The van der Waals surface area contributed by atoms with Crippen LogP contribution in [-0.4, -0.2) is 125 Å². The number of aromatic nitrogens is 12. The van der Waals surface area contributed by atoms with Crippen molar-refractivity contribution in [2.45, 2.75) is 55.8 Å². The Morgan fingerprint density at radius 3 is 0.528 bits per heavy atom. The molecular formula is C51H42Ag3F9N14O9S3. The average Bonchev–Trinajstić information content (AvgIpc) is 2.13. The van der Waals surface area contributed by atoms with Crippen molar-refractivity contribution in [1.29, 1.82) is 0 Å². The Morgan fingerprint density at radius 1 is 0.292 bits per heavy atom. The molecule has 0 unspecified atom stereocenters. The molecule has 0 bridgehead atoms. The second kappa shape index (κ2) is 30.5. The van der Waals surface area contributed by atoms with Crippen LogP contribution in [0.2, 0.25) is 0 Å². The van der Waals surface area contributed by atoms with E-state index in [0.29, 0.717) is 39.3 Å². The molecule has 6 heterocycles. The van der Waals surface area contributed by atoms with Crippen LogP contribution in [0.1, 0.15) is 34.9 Å². The minimum absolute atomic E-state index is 0. The predicted octanol–water partition coefficient (Wildman–Crippen LogP) is 9.18. The van der Waals surface area contributed by atoms with Crippen LogP contribution in [0.25, 0.3) is 66.2 Å². The molecule has 0 spiro atoms. The van der Waals surface area contributed by atoms with Gasteiger partial charge >= 0.3 is 83.7 Å². The number of hydrogen-bond donors (Lipinski definition) is 6. The van der Waals surface area contributed by atoms with Crippen LogP contribution in [0.3, 0.4) is 0 Å². The maximum Gasteiger partial charge on any atom is 1.00 e. The van der Waals surface area contributed by atoms with Gasteiger partial charge in [-0.3, -0.25) is 9.80 Å². The van der Waals surface area contributed by atoms with Crippen molar-refractivity contribution in [2.24, 2.45) is 0 Å². The molecule has 0 radical (unpaired) electrons. The summed E-state index contributed by atoms with van der Waals surface area (Å²) in [6.45, 7) is 3.93. The number of halogens is 9. The Labute approximate surface area is 543 Å². The number of imidazole rings is 6. The van der Waals surface area contributed by atoms with Gasteiger partial charge in [0.1, 0.15) is 34.9 Å². The SMILES string of the molecule is O=S(=O)([O-])C(F)(F)F.O=S(=O)([O-])C(F)(F)F.O=S(=O)([O-])C(F)(F)F.[Ag+].[Ag+].[Ag+].c1ccc2[nH]c(CN(Cc3nc4ccccc4[nH]3)Cc3nc4ccccc4[nH]3)nc2c1.c1ccc2[nH]c(CN(Cc3nc4ccccc4[nH]3)Cc3nc4ccccc4[nH]3)nc2c1. The third-order valence-electron chi connectivity index (χ3n) is 11.7. The van der Waals surface area contributed by atoms with E-state index < -0.39 is 46.9 Å². The summed E-state index contributed by atoms with van der Waals surface area (Å²) in [5, 5.41) is 0. The van der Waals surface area contributed by atoms with E-state index in [9.17, 15) is 39.5 Å². The van der Waals surface area contributed by atoms with Crippen molar-refractivity contribution in [3.8, 4) is 0 Å². The van der Waals surface area contributed by atoms with Crippen molar-refractivity contribution >= 4 is 96.6 Å². The van der Waals surface area contributed by atoms with Crippen molar-refractivity contribution in [3.05, 3.63) is 181 Å². The van der Waals surface area contributed by atoms with Crippen molar-refractivity contribution in [3.63, 3.8) is 0 Å². The van der Waals surface area contributed by atoms with Gasteiger partial charge in [-0.05, 0) is 72.8 Å². The molecule has 12 rings (SSSR count). The Balaban J connectivity index is 0.000000233. The van der Waals surface area contributed by atoms with Gasteiger partial charge in [0.25, 0.3) is 0 Å². The monoisotopic (exact) mass is 1580 g/mol. The van der Waals surface area contributed by atoms with Crippen molar-refractivity contribution in [1.82, 2.24) is 69.6 Å². The Bertz CT molecular complexity index is 3750. The quantitative estimate of drug-likeness (QED) is 0.0287. The van der Waals surface area contributed by atoms with Gasteiger partial charge in [-0.2, -0.15) is 39.5 Å². The minimum Gasteiger partial charge on any atom is -0.741 e. The Morgan fingerprint density at radius 2 is 0.416 bits per heavy atom. The molecule has 6 aromatic carbocycles. The number of hydrogen-bond acceptors (Lipinski definition) is 17. The number of nitrogens with one attached hydrogen (secondary N) is 6. The van der Waals surface area contributed by atoms with E-state index in [1.165, 1.54) is 0 Å². The number of para-hydroxylation sites is 12. The van der Waals surface area contributed by atoms with Crippen LogP contribution >= 0.6 is 0 Å². The predicted molar refractivity (Wildman–Crippen MR) is 290 cm³/mol. The van der Waals surface area contributed by atoms with Gasteiger partial charge in [0.15, 0.2) is 30.4 Å². The number of alkyl halides is 9. The van der Waals surface area contributed by atoms with Gasteiger partial charge < -0.3 is 43.6 Å². The number of rotatable bonds is 12. The number of nitrogens with zero attached hydrogens (tertiary/aromatic N) is 8. The fourth-order valence-corrected chi connectivity index (χ4v) is 8.09. The van der Waals surface area contributed by atoms with Gasteiger partial charge in [-0.25, -0.2) is 55.2 Å². The minimum atomic E-state index is -6.09. The van der Waals surface area contributed by atoms with E-state index >= 15 is 0 Å². The van der Waals surface area contributed by atoms with Gasteiger partial charge in [0.2, 0.25) is 0 Å². The third kappa shape index (κ3) is 20.4. The first kappa shape index (κ1) is 73.1. The van der Waals surface area contributed by atoms with Crippen LogP contribution in [-0.2, 0) is 137 Å². The molecule has 0 amide bonds. The molecule has 484 valence electrons. The van der Waals surface area contributed by atoms with E-state index in [0.717, 1.165) is 101 Å². The smallest absolute Gasteiger partial charge is 0.741 e. The van der Waals surface area contributed by atoms with Crippen molar-refractivity contribution in [2.75, 3.05) is 0 Å². The summed E-state index contributed by atoms with van der Waals surface area (Å²) in [6, 6.07) is 48.6. The molecule has 0 aliphatic carbocycles. The first-order chi connectivity index (χ1) is 40.3. The van der Waals surface area contributed by atoms with E-state index in [1.54, 1.807) is 0 Å². The summed E-state index contributed by atoms with van der Waals surface area (Å²) < 4.78 is 177. The Hall–Kier alpha value is -6.62. The first-order valence-corrected chi connectivity index (χ1v) is 28.7. The molecule has 38 heteroatoms. The third-order valence-corrected chi connectivity index (χ3v) is 13.4. The summed E-state index contributed by atoms with van der Waals surface area (Å²) in [7, 11) is -18.3. The Kier molecular flexibility index (Phi) is 25.0. The second-order valence-electron chi connectivity index (χ2n) is 18.2. The van der Waals surface area contributed by atoms with Crippen molar-refractivity contribution < 1.29 is 146 Å². The van der Waals surface area contributed by atoms with Gasteiger partial charge in [0.05, 0.1) is 105 Å². The topological polar surface area (TPSA) is 350 Å².